The Morgan fingerprint density at radius 3 is 2.67 bits per heavy atom. The van der Waals surface area contributed by atoms with Gasteiger partial charge >= 0.3 is 5.97 Å². The van der Waals surface area contributed by atoms with E-state index < -0.39 is 0 Å². The fraction of sp³-hybridized carbons (Fsp3) is 0.600. The second-order valence-electron chi connectivity index (χ2n) is 6.48. The molecule has 0 atom stereocenters. The van der Waals surface area contributed by atoms with Crippen molar-refractivity contribution in [2.45, 2.75) is 32.6 Å². The fourth-order valence-corrected chi connectivity index (χ4v) is 3.22. The molecule has 27 heavy (non-hydrogen) atoms. The zero-order chi connectivity index (χ0) is 18.8. The molecule has 1 aliphatic heterocycles. The monoisotopic (exact) mass is 489 g/mol. The van der Waals surface area contributed by atoms with Crippen molar-refractivity contribution in [3.8, 4) is 5.75 Å². The van der Waals surface area contributed by atoms with E-state index in [1.807, 2.05) is 12.1 Å². The minimum atomic E-state index is -0.0927. The van der Waals surface area contributed by atoms with Gasteiger partial charge in [-0.2, -0.15) is 0 Å². The molecule has 2 rings (SSSR count). The van der Waals surface area contributed by atoms with Crippen molar-refractivity contribution in [1.82, 2.24) is 10.2 Å². The number of guanidine groups is 1. The van der Waals surface area contributed by atoms with Crippen LogP contribution in [-0.4, -0.2) is 57.2 Å². The molecule has 1 aromatic rings. The summed E-state index contributed by atoms with van der Waals surface area (Å²) in [5, 5.41) is 3.37. The van der Waals surface area contributed by atoms with Crippen LogP contribution in [-0.2, 0) is 16.0 Å². The second kappa shape index (κ2) is 12.8. The Morgan fingerprint density at radius 1 is 1.30 bits per heavy atom. The molecule has 1 aromatic carbocycles. The number of rotatable bonds is 7. The van der Waals surface area contributed by atoms with Crippen molar-refractivity contribution >= 4 is 35.9 Å². The van der Waals surface area contributed by atoms with E-state index in [0.29, 0.717) is 0 Å². The van der Waals surface area contributed by atoms with Gasteiger partial charge in [0.05, 0.1) is 20.1 Å². The highest BCUT2D eigenvalue weighted by atomic mass is 127. The Balaban J connectivity index is 0.00000364. The number of esters is 1. The third kappa shape index (κ3) is 7.56. The number of piperidine rings is 1. The van der Waals surface area contributed by atoms with E-state index in [4.69, 9.17) is 14.5 Å². The molecule has 1 saturated heterocycles. The first kappa shape index (κ1) is 23.5. The molecule has 152 valence electrons. The molecular formula is C20H32IN3O3. The molecule has 1 fully saturated rings. The maximum atomic E-state index is 11.7. The fourth-order valence-electron chi connectivity index (χ4n) is 3.22. The highest BCUT2D eigenvalue weighted by Gasteiger charge is 2.26. The van der Waals surface area contributed by atoms with Crippen LogP contribution in [0.2, 0.25) is 0 Å². The number of carbonyl (C=O) groups is 1. The summed E-state index contributed by atoms with van der Waals surface area (Å²) in [6, 6.07) is 8.18. The summed E-state index contributed by atoms with van der Waals surface area (Å²) in [6.45, 7) is 5.36. The first-order chi connectivity index (χ1) is 12.7. The molecule has 0 radical (unpaired) electrons. The lowest BCUT2D eigenvalue weighted by Gasteiger charge is -2.33. The number of hydrogen-bond acceptors (Lipinski definition) is 4. The van der Waals surface area contributed by atoms with E-state index in [0.717, 1.165) is 63.6 Å². The number of hydrogen-bond donors (Lipinski definition) is 1. The maximum absolute atomic E-state index is 11.7. The highest BCUT2D eigenvalue weighted by molar-refractivity contribution is 14.0. The number of likely N-dealkylation sites (tertiary alicyclic amines) is 1. The largest absolute Gasteiger partial charge is 0.497 e. The summed E-state index contributed by atoms with van der Waals surface area (Å²) in [5.41, 5.74) is 1.27. The highest BCUT2D eigenvalue weighted by Crippen LogP contribution is 2.18. The normalized spacial score (nSPS) is 15.1. The van der Waals surface area contributed by atoms with Crippen LogP contribution in [0.5, 0.6) is 5.75 Å². The lowest BCUT2D eigenvalue weighted by Crippen LogP contribution is -2.46. The standard InChI is InChI=1S/C20H31N3O3.HI/c1-4-21-20(23-13-10-17(11-14-23)19(24)26-3)22-12-6-8-16-7-5-9-18(15-16)25-2;/h5,7,9,15,17H,4,6,8,10-14H2,1-3H3,(H,21,22);1H. The average molecular weight is 489 g/mol. The summed E-state index contributed by atoms with van der Waals surface area (Å²) < 4.78 is 10.1. The molecule has 6 nitrogen and oxygen atoms in total. The van der Waals surface area contributed by atoms with Crippen LogP contribution >= 0.6 is 24.0 Å². The van der Waals surface area contributed by atoms with E-state index in [1.54, 1.807) is 7.11 Å². The quantitative estimate of drug-likeness (QED) is 0.210. The van der Waals surface area contributed by atoms with Crippen molar-refractivity contribution in [2.24, 2.45) is 10.9 Å². The molecule has 1 heterocycles. The van der Waals surface area contributed by atoms with Crippen molar-refractivity contribution in [1.29, 1.82) is 0 Å². The van der Waals surface area contributed by atoms with Crippen LogP contribution in [0, 0.1) is 5.92 Å². The Morgan fingerprint density at radius 2 is 2.04 bits per heavy atom. The van der Waals surface area contributed by atoms with Crippen LogP contribution in [0.1, 0.15) is 31.7 Å². The van der Waals surface area contributed by atoms with E-state index in [1.165, 1.54) is 12.7 Å². The maximum Gasteiger partial charge on any atom is 0.308 e. The van der Waals surface area contributed by atoms with Crippen LogP contribution < -0.4 is 10.1 Å². The molecular weight excluding hydrogens is 457 g/mol. The third-order valence-electron chi connectivity index (χ3n) is 4.68. The van der Waals surface area contributed by atoms with E-state index in [9.17, 15) is 4.79 Å². The van der Waals surface area contributed by atoms with Crippen molar-refractivity contribution in [3.63, 3.8) is 0 Å². The molecule has 0 spiro atoms. The van der Waals surface area contributed by atoms with Gasteiger partial charge in [-0.3, -0.25) is 9.79 Å². The molecule has 0 amide bonds. The molecule has 0 unspecified atom stereocenters. The van der Waals surface area contributed by atoms with Gasteiger partial charge in [-0.25, -0.2) is 0 Å². The Bertz CT molecular complexity index is 602. The van der Waals surface area contributed by atoms with Gasteiger partial charge in [0.1, 0.15) is 5.75 Å². The van der Waals surface area contributed by atoms with Crippen LogP contribution in [0.25, 0.3) is 0 Å². The zero-order valence-corrected chi connectivity index (χ0v) is 18.9. The molecule has 0 saturated carbocycles. The summed E-state index contributed by atoms with van der Waals surface area (Å²) >= 11 is 0. The van der Waals surface area contributed by atoms with E-state index >= 15 is 0 Å². The smallest absolute Gasteiger partial charge is 0.308 e. The van der Waals surface area contributed by atoms with Gasteiger partial charge in [0, 0.05) is 26.2 Å². The Hall–Kier alpha value is -1.51. The summed E-state index contributed by atoms with van der Waals surface area (Å²) in [6.07, 6.45) is 3.60. The minimum absolute atomic E-state index is 0. The SMILES string of the molecule is CCNC(=NCCCc1cccc(OC)c1)N1CCC(C(=O)OC)CC1.I. The number of benzene rings is 1. The summed E-state index contributed by atoms with van der Waals surface area (Å²) in [4.78, 5) is 18.7. The predicted octanol–water partition coefficient (Wildman–Crippen LogP) is 3.10. The minimum Gasteiger partial charge on any atom is -0.497 e. The molecule has 1 aliphatic rings. The van der Waals surface area contributed by atoms with Gasteiger partial charge in [0.2, 0.25) is 0 Å². The molecule has 1 N–H and O–H groups in total. The van der Waals surface area contributed by atoms with Gasteiger partial charge in [0.25, 0.3) is 0 Å². The second-order valence-corrected chi connectivity index (χ2v) is 6.48. The first-order valence-electron chi connectivity index (χ1n) is 9.42. The van der Waals surface area contributed by atoms with Gasteiger partial charge in [-0.15, -0.1) is 24.0 Å². The van der Waals surface area contributed by atoms with Crippen LogP contribution in [0.4, 0.5) is 0 Å². The number of methoxy groups -OCH3 is 2. The third-order valence-corrected chi connectivity index (χ3v) is 4.68. The van der Waals surface area contributed by atoms with Gasteiger partial charge < -0.3 is 19.7 Å². The van der Waals surface area contributed by atoms with Gasteiger partial charge in [-0.05, 0) is 50.3 Å². The summed E-state index contributed by atoms with van der Waals surface area (Å²) in [7, 11) is 3.15. The number of nitrogens with one attached hydrogen (secondary N) is 1. The van der Waals surface area contributed by atoms with Crippen molar-refractivity contribution in [2.75, 3.05) is 40.4 Å². The van der Waals surface area contributed by atoms with E-state index in [-0.39, 0.29) is 35.9 Å². The molecule has 7 heteroatoms. The Labute approximate surface area is 179 Å². The van der Waals surface area contributed by atoms with Crippen LogP contribution in [0.15, 0.2) is 29.3 Å². The van der Waals surface area contributed by atoms with Crippen LogP contribution in [0.3, 0.4) is 0 Å². The number of aryl methyl sites for hydroxylation is 1. The topological polar surface area (TPSA) is 63.2 Å². The number of halogens is 1. The molecule has 0 aliphatic carbocycles. The number of ether oxygens (including phenoxy) is 2. The lowest BCUT2D eigenvalue weighted by molar-refractivity contribution is -0.146. The molecule has 0 aromatic heterocycles. The summed E-state index contributed by atoms with van der Waals surface area (Å²) in [5.74, 6) is 1.77. The van der Waals surface area contributed by atoms with Gasteiger partial charge in [-0.1, -0.05) is 12.1 Å². The van der Waals surface area contributed by atoms with E-state index in [2.05, 4.69) is 29.3 Å². The van der Waals surface area contributed by atoms with Crippen molar-refractivity contribution in [3.05, 3.63) is 29.8 Å². The molecule has 0 bridgehead atoms. The average Bonchev–Trinajstić information content (AvgIpc) is 2.70. The van der Waals surface area contributed by atoms with Crippen molar-refractivity contribution < 1.29 is 14.3 Å². The lowest BCUT2D eigenvalue weighted by atomic mass is 9.97. The Kier molecular flexibility index (Phi) is 11.2. The zero-order valence-electron chi connectivity index (χ0n) is 16.6. The van der Waals surface area contributed by atoms with Gasteiger partial charge in [0.15, 0.2) is 5.96 Å². The first-order valence-corrected chi connectivity index (χ1v) is 9.42. The number of carbonyl (C=O) groups excluding carboxylic acids is 1. The predicted molar refractivity (Wildman–Crippen MR) is 119 cm³/mol. The number of aliphatic imine (C=N–C) groups is 1. The number of nitrogens with zero attached hydrogens (tertiary/aromatic N) is 2.